The summed E-state index contributed by atoms with van der Waals surface area (Å²) >= 11 is 9.40. The monoisotopic (exact) mass is 327 g/mol. The van der Waals surface area contributed by atoms with Gasteiger partial charge in [-0.25, -0.2) is 0 Å². The second kappa shape index (κ2) is 5.50. The number of benzene rings is 2. The molecule has 0 aliphatic carbocycles. The van der Waals surface area contributed by atoms with Crippen LogP contribution in [0.5, 0.6) is 17.2 Å². The first kappa shape index (κ1) is 13.1. The number of hydrogen-bond acceptors (Lipinski definition) is 3. The predicted octanol–water partition coefficient (Wildman–Crippen LogP) is 4.49. The molecule has 2 aromatic carbocycles. The summed E-state index contributed by atoms with van der Waals surface area (Å²) in [5.41, 5.74) is 6.36. The van der Waals surface area contributed by atoms with Gasteiger partial charge < -0.3 is 15.2 Å². The molecule has 0 aliphatic rings. The zero-order chi connectivity index (χ0) is 13.1. The zero-order valence-corrected chi connectivity index (χ0v) is 12.0. The number of methoxy groups -OCH3 is 1. The molecule has 2 N–H and O–H groups in total. The summed E-state index contributed by atoms with van der Waals surface area (Å²) in [5.74, 6) is 1.78. The smallest absolute Gasteiger partial charge is 0.150 e. The third kappa shape index (κ3) is 2.89. The lowest BCUT2D eigenvalue weighted by Crippen LogP contribution is -1.93. The van der Waals surface area contributed by atoms with Crippen molar-refractivity contribution in [1.82, 2.24) is 0 Å². The van der Waals surface area contributed by atoms with E-state index in [-0.39, 0.29) is 0 Å². The number of nitrogens with two attached hydrogens (primary N) is 1. The van der Waals surface area contributed by atoms with E-state index >= 15 is 0 Å². The van der Waals surface area contributed by atoms with Gasteiger partial charge in [0.05, 0.1) is 17.8 Å². The lowest BCUT2D eigenvalue weighted by atomic mass is 10.2. The Balaban J connectivity index is 2.28. The van der Waals surface area contributed by atoms with Crippen LogP contribution in [0.4, 0.5) is 5.69 Å². The summed E-state index contributed by atoms with van der Waals surface area (Å²) in [6, 6.07) is 10.6. The SMILES string of the molecule is COc1ccc(Oc2ccc(Br)cc2Cl)c(N)c1. The third-order valence-electron chi connectivity index (χ3n) is 2.33. The largest absolute Gasteiger partial charge is 0.497 e. The first-order chi connectivity index (χ1) is 8.60. The molecule has 0 bridgehead atoms. The molecule has 0 spiro atoms. The normalized spacial score (nSPS) is 10.2. The van der Waals surface area contributed by atoms with E-state index in [1.807, 2.05) is 6.07 Å². The second-order valence-electron chi connectivity index (χ2n) is 3.58. The van der Waals surface area contributed by atoms with Crippen molar-refractivity contribution >= 4 is 33.2 Å². The standard InChI is InChI=1S/C13H11BrClNO2/c1-17-9-3-5-13(11(16)7-9)18-12-4-2-8(14)6-10(12)15/h2-7H,16H2,1H3. The van der Waals surface area contributed by atoms with Gasteiger partial charge in [0.2, 0.25) is 0 Å². The van der Waals surface area contributed by atoms with E-state index in [0.29, 0.717) is 28.0 Å². The van der Waals surface area contributed by atoms with E-state index in [1.165, 1.54) is 0 Å². The molecule has 0 unspecified atom stereocenters. The van der Waals surface area contributed by atoms with Crippen LogP contribution in [-0.2, 0) is 0 Å². The number of hydrogen-bond donors (Lipinski definition) is 1. The minimum Gasteiger partial charge on any atom is -0.497 e. The Morgan fingerprint density at radius 1 is 1.11 bits per heavy atom. The number of halogens is 2. The van der Waals surface area contributed by atoms with E-state index in [2.05, 4.69) is 15.9 Å². The Hall–Kier alpha value is -1.39. The van der Waals surface area contributed by atoms with Crippen molar-refractivity contribution in [3.8, 4) is 17.2 Å². The van der Waals surface area contributed by atoms with Crippen molar-refractivity contribution in [2.75, 3.05) is 12.8 Å². The summed E-state index contributed by atoms with van der Waals surface area (Å²) in [4.78, 5) is 0. The van der Waals surface area contributed by atoms with Crippen LogP contribution < -0.4 is 15.2 Å². The Labute approximate surface area is 119 Å². The second-order valence-corrected chi connectivity index (χ2v) is 4.90. The van der Waals surface area contributed by atoms with Gasteiger partial charge in [-0.15, -0.1) is 0 Å². The number of rotatable bonds is 3. The Morgan fingerprint density at radius 3 is 2.44 bits per heavy atom. The quantitative estimate of drug-likeness (QED) is 0.845. The highest BCUT2D eigenvalue weighted by atomic mass is 79.9. The topological polar surface area (TPSA) is 44.5 Å². The molecule has 94 valence electrons. The Morgan fingerprint density at radius 2 is 1.83 bits per heavy atom. The molecule has 3 nitrogen and oxygen atoms in total. The molecule has 2 rings (SSSR count). The molecule has 5 heteroatoms. The van der Waals surface area contributed by atoms with Crippen LogP contribution in [0.15, 0.2) is 40.9 Å². The average molecular weight is 329 g/mol. The van der Waals surface area contributed by atoms with Crippen LogP contribution in [0.1, 0.15) is 0 Å². The highest BCUT2D eigenvalue weighted by Crippen LogP contribution is 2.35. The van der Waals surface area contributed by atoms with E-state index in [1.54, 1.807) is 37.4 Å². The van der Waals surface area contributed by atoms with Crippen molar-refractivity contribution < 1.29 is 9.47 Å². The van der Waals surface area contributed by atoms with Crippen molar-refractivity contribution in [3.63, 3.8) is 0 Å². The number of anilines is 1. The molecular weight excluding hydrogens is 318 g/mol. The van der Waals surface area contributed by atoms with Gasteiger partial charge in [-0.1, -0.05) is 27.5 Å². The maximum atomic E-state index is 6.07. The molecule has 0 aliphatic heterocycles. The van der Waals surface area contributed by atoms with Crippen molar-refractivity contribution in [2.24, 2.45) is 0 Å². The van der Waals surface area contributed by atoms with Gasteiger partial charge in [-0.3, -0.25) is 0 Å². The van der Waals surface area contributed by atoms with Crippen LogP contribution in [0, 0.1) is 0 Å². The van der Waals surface area contributed by atoms with E-state index in [0.717, 1.165) is 4.47 Å². The molecule has 0 atom stereocenters. The molecule has 2 aromatic rings. The highest BCUT2D eigenvalue weighted by molar-refractivity contribution is 9.10. The molecule has 0 amide bonds. The zero-order valence-electron chi connectivity index (χ0n) is 9.61. The Bertz CT molecular complexity index is 575. The summed E-state index contributed by atoms with van der Waals surface area (Å²) < 4.78 is 11.6. The fourth-order valence-corrected chi connectivity index (χ4v) is 2.13. The maximum absolute atomic E-state index is 6.07. The van der Waals surface area contributed by atoms with E-state index in [4.69, 9.17) is 26.8 Å². The first-order valence-electron chi connectivity index (χ1n) is 5.16. The highest BCUT2D eigenvalue weighted by Gasteiger charge is 2.07. The van der Waals surface area contributed by atoms with E-state index < -0.39 is 0 Å². The predicted molar refractivity (Wildman–Crippen MR) is 76.6 cm³/mol. The van der Waals surface area contributed by atoms with Gasteiger partial charge >= 0.3 is 0 Å². The van der Waals surface area contributed by atoms with Crippen molar-refractivity contribution in [1.29, 1.82) is 0 Å². The van der Waals surface area contributed by atoms with Crippen LogP contribution in [0.3, 0.4) is 0 Å². The van der Waals surface area contributed by atoms with Crippen LogP contribution in [0.2, 0.25) is 5.02 Å². The van der Waals surface area contributed by atoms with Crippen molar-refractivity contribution in [3.05, 3.63) is 45.9 Å². The maximum Gasteiger partial charge on any atom is 0.150 e. The summed E-state index contributed by atoms with van der Waals surface area (Å²) in [7, 11) is 1.58. The van der Waals surface area contributed by atoms with Gasteiger partial charge in [0.15, 0.2) is 5.75 Å². The molecule has 0 heterocycles. The lowest BCUT2D eigenvalue weighted by Gasteiger charge is -2.11. The fraction of sp³-hybridized carbons (Fsp3) is 0.0769. The van der Waals surface area contributed by atoms with Gasteiger partial charge in [0, 0.05) is 10.5 Å². The molecule has 0 saturated carbocycles. The molecule has 0 saturated heterocycles. The van der Waals surface area contributed by atoms with Crippen molar-refractivity contribution in [2.45, 2.75) is 0 Å². The lowest BCUT2D eigenvalue weighted by molar-refractivity contribution is 0.413. The number of ether oxygens (including phenoxy) is 2. The Kier molecular flexibility index (Phi) is 3.99. The van der Waals surface area contributed by atoms with Crippen LogP contribution in [-0.4, -0.2) is 7.11 Å². The minimum atomic E-state index is 0.494. The van der Waals surface area contributed by atoms with Gasteiger partial charge in [-0.05, 0) is 30.3 Å². The molecular formula is C13H11BrClNO2. The van der Waals surface area contributed by atoms with E-state index in [9.17, 15) is 0 Å². The first-order valence-corrected chi connectivity index (χ1v) is 6.33. The third-order valence-corrected chi connectivity index (χ3v) is 3.12. The van der Waals surface area contributed by atoms with Crippen LogP contribution in [0.25, 0.3) is 0 Å². The van der Waals surface area contributed by atoms with Gasteiger partial charge in [-0.2, -0.15) is 0 Å². The average Bonchev–Trinajstić information content (AvgIpc) is 2.34. The minimum absolute atomic E-state index is 0.494. The molecule has 0 fully saturated rings. The fourth-order valence-electron chi connectivity index (χ4n) is 1.42. The molecule has 18 heavy (non-hydrogen) atoms. The summed E-state index contributed by atoms with van der Waals surface area (Å²) in [6.07, 6.45) is 0. The number of nitrogen functional groups attached to an aromatic ring is 1. The van der Waals surface area contributed by atoms with Crippen LogP contribution >= 0.6 is 27.5 Å². The molecule has 0 radical (unpaired) electrons. The summed E-state index contributed by atoms with van der Waals surface area (Å²) in [6.45, 7) is 0. The molecule has 0 aromatic heterocycles. The van der Waals surface area contributed by atoms with Gasteiger partial charge in [0.25, 0.3) is 0 Å². The van der Waals surface area contributed by atoms with Gasteiger partial charge in [0.1, 0.15) is 11.5 Å². The summed E-state index contributed by atoms with van der Waals surface area (Å²) in [5, 5.41) is 0.514.